The number of hydrogen-bond acceptors (Lipinski definition) is 4. The quantitative estimate of drug-likeness (QED) is 0.700. The number of nitrogens with zero attached hydrogens (tertiary/aromatic N) is 1. The largest absolute Gasteiger partial charge is 0.490 e. The Bertz CT molecular complexity index is 1110. The molecule has 0 atom stereocenters. The molecule has 1 fully saturated rings. The Labute approximate surface area is 175 Å². The topological polar surface area (TPSA) is 71.6 Å². The van der Waals surface area contributed by atoms with Crippen molar-refractivity contribution < 1.29 is 14.3 Å². The lowest BCUT2D eigenvalue weighted by molar-refractivity contribution is -0.130. The summed E-state index contributed by atoms with van der Waals surface area (Å²) >= 11 is 0. The van der Waals surface area contributed by atoms with E-state index >= 15 is 0 Å². The number of fused-ring (bicyclic) bond motifs is 1. The molecular formula is C24H26N2O4. The number of piperidine rings is 1. The highest BCUT2D eigenvalue weighted by molar-refractivity contribution is 5.79. The molecule has 0 spiro atoms. The summed E-state index contributed by atoms with van der Waals surface area (Å²) in [5.74, 6) is 1.55. The molecule has 4 rings (SSSR count). The van der Waals surface area contributed by atoms with Crippen LogP contribution in [0.1, 0.15) is 31.0 Å². The monoisotopic (exact) mass is 406 g/mol. The molecule has 1 aliphatic heterocycles. The number of rotatable bonds is 5. The van der Waals surface area contributed by atoms with Gasteiger partial charge in [0, 0.05) is 55.4 Å². The Kier molecular flexibility index (Phi) is 5.74. The summed E-state index contributed by atoms with van der Waals surface area (Å²) in [6.45, 7) is 5.14. The van der Waals surface area contributed by atoms with Crippen molar-refractivity contribution in [2.24, 2.45) is 0 Å². The fraction of sp³-hybridized carbons (Fsp3) is 0.333. The third kappa shape index (κ3) is 4.32. The first-order valence-corrected chi connectivity index (χ1v) is 10.3. The van der Waals surface area contributed by atoms with Gasteiger partial charge in [-0.25, -0.2) is 0 Å². The molecule has 30 heavy (non-hydrogen) atoms. The number of nitrogens with one attached hydrogen (secondary N) is 1. The van der Waals surface area contributed by atoms with Crippen LogP contribution in [-0.4, -0.2) is 35.0 Å². The van der Waals surface area contributed by atoms with Crippen LogP contribution >= 0.6 is 0 Å². The van der Waals surface area contributed by atoms with E-state index in [0.29, 0.717) is 16.7 Å². The zero-order chi connectivity index (χ0) is 21.1. The van der Waals surface area contributed by atoms with Crippen molar-refractivity contribution in [3.63, 3.8) is 0 Å². The Hall–Kier alpha value is -3.28. The number of hydrogen-bond donors (Lipinski definition) is 1. The predicted octanol–water partition coefficient (Wildman–Crippen LogP) is 3.81. The Morgan fingerprint density at radius 2 is 1.83 bits per heavy atom. The number of pyridine rings is 1. The van der Waals surface area contributed by atoms with Gasteiger partial charge in [0.2, 0.25) is 5.91 Å². The highest BCUT2D eigenvalue weighted by atomic mass is 16.5. The maximum absolute atomic E-state index is 12.6. The van der Waals surface area contributed by atoms with Crippen LogP contribution in [0.2, 0.25) is 0 Å². The van der Waals surface area contributed by atoms with Gasteiger partial charge in [-0.2, -0.15) is 0 Å². The molecule has 1 aliphatic rings. The predicted molar refractivity (Wildman–Crippen MR) is 116 cm³/mol. The standard InChI is InChI=1S/C24H26N2O4/c1-16-23(25-22-9-4-3-8-21(22)24(16)28)15-29-19-6-5-7-20(14-19)30-18-10-12-26(13-11-18)17(2)27/h3-9,14,18H,10-13,15H2,1-2H3,(H,25,28). The first-order chi connectivity index (χ1) is 14.5. The molecular weight excluding hydrogens is 380 g/mol. The fourth-order valence-corrected chi connectivity index (χ4v) is 3.80. The van der Waals surface area contributed by atoms with E-state index in [1.165, 1.54) is 0 Å². The van der Waals surface area contributed by atoms with Crippen LogP contribution in [0.25, 0.3) is 10.9 Å². The second-order valence-electron chi connectivity index (χ2n) is 7.69. The Balaban J connectivity index is 1.42. The van der Waals surface area contributed by atoms with Gasteiger partial charge in [0.05, 0.1) is 5.69 Å². The van der Waals surface area contributed by atoms with Crippen LogP contribution in [0.4, 0.5) is 0 Å². The van der Waals surface area contributed by atoms with E-state index in [0.717, 1.165) is 42.9 Å². The molecule has 1 saturated heterocycles. The number of amides is 1. The van der Waals surface area contributed by atoms with Crippen LogP contribution < -0.4 is 14.9 Å². The molecule has 0 bridgehead atoms. The first kappa shape index (κ1) is 20.0. The van der Waals surface area contributed by atoms with Crippen molar-refractivity contribution in [1.29, 1.82) is 0 Å². The maximum atomic E-state index is 12.6. The number of ether oxygens (including phenoxy) is 2. The summed E-state index contributed by atoms with van der Waals surface area (Å²) in [6.07, 6.45) is 1.74. The number of carbonyl (C=O) groups is 1. The molecule has 6 nitrogen and oxygen atoms in total. The van der Waals surface area contributed by atoms with Crippen LogP contribution in [0.3, 0.4) is 0 Å². The normalized spacial score (nSPS) is 14.7. The van der Waals surface area contributed by atoms with Gasteiger partial charge in [0.15, 0.2) is 5.43 Å². The van der Waals surface area contributed by atoms with Gasteiger partial charge in [0.25, 0.3) is 0 Å². The number of likely N-dealkylation sites (tertiary alicyclic amines) is 1. The average Bonchev–Trinajstić information content (AvgIpc) is 2.76. The van der Waals surface area contributed by atoms with E-state index in [1.54, 1.807) is 6.92 Å². The number of aromatic amines is 1. The van der Waals surface area contributed by atoms with Crippen LogP contribution in [0.15, 0.2) is 53.3 Å². The van der Waals surface area contributed by atoms with E-state index in [-0.39, 0.29) is 24.0 Å². The van der Waals surface area contributed by atoms with Gasteiger partial charge >= 0.3 is 0 Å². The Morgan fingerprint density at radius 1 is 1.10 bits per heavy atom. The third-order valence-corrected chi connectivity index (χ3v) is 5.63. The minimum atomic E-state index is 0.0249. The first-order valence-electron chi connectivity index (χ1n) is 10.3. The molecule has 1 aromatic heterocycles. The van der Waals surface area contributed by atoms with E-state index in [4.69, 9.17) is 9.47 Å². The van der Waals surface area contributed by atoms with Gasteiger partial charge in [-0.1, -0.05) is 18.2 Å². The lowest BCUT2D eigenvalue weighted by atomic mass is 10.1. The molecule has 2 aromatic carbocycles. The molecule has 1 amide bonds. The summed E-state index contributed by atoms with van der Waals surface area (Å²) < 4.78 is 12.1. The lowest BCUT2D eigenvalue weighted by Gasteiger charge is -2.31. The molecule has 0 aliphatic carbocycles. The molecule has 0 radical (unpaired) electrons. The van der Waals surface area contributed by atoms with Gasteiger partial charge in [-0.15, -0.1) is 0 Å². The third-order valence-electron chi connectivity index (χ3n) is 5.63. The summed E-state index contributed by atoms with van der Waals surface area (Å²) in [5, 5.41) is 0.685. The highest BCUT2D eigenvalue weighted by Gasteiger charge is 2.22. The number of benzene rings is 2. The van der Waals surface area contributed by atoms with E-state index in [2.05, 4.69) is 4.98 Å². The van der Waals surface area contributed by atoms with Crippen LogP contribution in [0.5, 0.6) is 11.5 Å². The Morgan fingerprint density at radius 3 is 2.60 bits per heavy atom. The number of carbonyl (C=O) groups excluding carboxylic acids is 1. The molecule has 2 heterocycles. The minimum Gasteiger partial charge on any atom is -0.490 e. The minimum absolute atomic E-state index is 0.0249. The average molecular weight is 406 g/mol. The van der Waals surface area contributed by atoms with Crippen molar-refractivity contribution in [2.75, 3.05) is 13.1 Å². The van der Waals surface area contributed by atoms with Crippen molar-refractivity contribution in [3.05, 3.63) is 70.0 Å². The summed E-state index contributed by atoms with van der Waals surface area (Å²) in [7, 11) is 0. The second kappa shape index (κ2) is 8.61. The lowest BCUT2D eigenvalue weighted by Crippen LogP contribution is -2.40. The van der Waals surface area contributed by atoms with Crippen molar-refractivity contribution in [2.45, 2.75) is 39.4 Å². The van der Waals surface area contributed by atoms with Crippen molar-refractivity contribution in [3.8, 4) is 11.5 Å². The second-order valence-corrected chi connectivity index (χ2v) is 7.69. The summed E-state index contributed by atoms with van der Waals surface area (Å²) in [5.41, 5.74) is 2.26. The molecule has 0 unspecified atom stereocenters. The van der Waals surface area contributed by atoms with Crippen molar-refractivity contribution in [1.82, 2.24) is 9.88 Å². The van der Waals surface area contributed by atoms with E-state index in [9.17, 15) is 9.59 Å². The summed E-state index contributed by atoms with van der Waals surface area (Å²) in [6, 6.07) is 15.0. The number of H-pyrrole nitrogens is 1. The van der Waals surface area contributed by atoms with Gasteiger partial charge in [0.1, 0.15) is 24.2 Å². The molecule has 3 aromatic rings. The molecule has 6 heteroatoms. The van der Waals surface area contributed by atoms with Gasteiger partial charge in [-0.3, -0.25) is 9.59 Å². The number of para-hydroxylation sites is 1. The summed E-state index contributed by atoms with van der Waals surface area (Å²) in [4.78, 5) is 29.2. The van der Waals surface area contributed by atoms with Crippen LogP contribution in [0, 0.1) is 6.92 Å². The zero-order valence-corrected chi connectivity index (χ0v) is 17.3. The van der Waals surface area contributed by atoms with Crippen LogP contribution in [-0.2, 0) is 11.4 Å². The molecule has 1 N–H and O–H groups in total. The fourth-order valence-electron chi connectivity index (χ4n) is 3.80. The zero-order valence-electron chi connectivity index (χ0n) is 17.3. The van der Waals surface area contributed by atoms with Crippen molar-refractivity contribution >= 4 is 16.8 Å². The maximum Gasteiger partial charge on any atom is 0.219 e. The van der Waals surface area contributed by atoms with E-state index < -0.39 is 0 Å². The number of aromatic nitrogens is 1. The van der Waals surface area contributed by atoms with Gasteiger partial charge in [-0.05, 0) is 31.2 Å². The smallest absolute Gasteiger partial charge is 0.219 e. The van der Waals surface area contributed by atoms with Gasteiger partial charge < -0.3 is 19.4 Å². The molecule has 156 valence electrons. The molecule has 0 saturated carbocycles. The van der Waals surface area contributed by atoms with E-state index in [1.807, 2.05) is 60.4 Å². The SMILES string of the molecule is CC(=O)N1CCC(Oc2cccc(OCc3[nH]c4ccccc4c(=O)c3C)c2)CC1. The highest BCUT2D eigenvalue weighted by Crippen LogP contribution is 2.24.